The fourth-order valence-corrected chi connectivity index (χ4v) is 2.44. The molecule has 0 fully saturated rings. The first kappa shape index (κ1) is 23.0. The van der Waals surface area contributed by atoms with Crippen LogP contribution in [0.2, 0.25) is 0 Å². The summed E-state index contributed by atoms with van der Waals surface area (Å²) in [5, 5.41) is 7.63. The molecule has 2 aromatic rings. The number of nitrogens with one attached hydrogen (secondary N) is 3. The molecule has 30 heavy (non-hydrogen) atoms. The Morgan fingerprint density at radius 3 is 2.33 bits per heavy atom. The molecule has 0 radical (unpaired) electrons. The van der Waals surface area contributed by atoms with Gasteiger partial charge in [-0.2, -0.15) is 0 Å². The van der Waals surface area contributed by atoms with E-state index in [-0.39, 0.29) is 23.7 Å². The maximum atomic E-state index is 13.8. The van der Waals surface area contributed by atoms with Crippen LogP contribution < -0.4 is 16.0 Å². The van der Waals surface area contributed by atoms with E-state index in [1.807, 2.05) is 0 Å². The van der Waals surface area contributed by atoms with Crippen LogP contribution in [-0.4, -0.2) is 37.0 Å². The summed E-state index contributed by atoms with van der Waals surface area (Å²) in [4.78, 5) is 36.8. The van der Waals surface area contributed by atoms with Crippen LogP contribution in [0.25, 0.3) is 0 Å². The van der Waals surface area contributed by atoms with Gasteiger partial charge in [0, 0.05) is 18.4 Å². The van der Waals surface area contributed by atoms with E-state index in [0.717, 1.165) is 11.1 Å². The fraction of sp³-hybridized carbons (Fsp3) is 0.318. The second-order valence-corrected chi connectivity index (χ2v) is 7.41. The van der Waals surface area contributed by atoms with E-state index in [2.05, 4.69) is 16.0 Å². The average Bonchev–Trinajstić information content (AvgIpc) is 2.69. The highest BCUT2D eigenvalue weighted by Gasteiger charge is 2.27. The number of hydrogen-bond donors (Lipinski definition) is 3. The van der Waals surface area contributed by atoms with Crippen LogP contribution >= 0.6 is 0 Å². The summed E-state index contributed by atoms with van der Waals surface area (Å²) in [6.07, 6.45) is 0. The molecule has 2 rings (SSSR count). The molecule has 0 aromatic heterocycles. The molecule has 0 atom stereocenters. The first-order valence-corrected chi connectivity index (χ1v) is 9.35. The molecular formula is C22H26FN3O4. The second-order valence-electron chi connectivity index (χ2n) is 7.41. The Bertz CT molecular complexity index is 973. The normalized spacial score (nSPS) is 11.0. The van der Waals surface area contributed by atoms with Gasteiger partial charge in [-0.1, -0.05) is 12.1 Å². The van der Waals surface area contributed by atoms with E-state index in [1.54, 1.807) is 45.9 Å². The van der Waals surface area contributed by atoms with Gasteiger partial charge in [0.15, 0.2) is 0 Å². The molecule has 7 nitrogen and oxygen atoms in total. The number of halogens is 1. The van der Waals surface area contributed by atoms with Crippen molar-refractivity contribution in [3.63, 3.8) is 0 Å². The van der Waals surface area contributed by atoms with Crippen LogP contribution in [0.4, 0.5) is 15.8 Å². The van der Waals surface area contributed by atoms with Crippen molar-refractivity contribution in [2.45, 2.75) is 33.3 Å². The molecule has 0 aliphatic heterocycles. The minimum atomic E-state index is -1.03. The van der Waals surface area contributed by atoms with Gasteiger partial charge in [0.05, 0.1) is 12.2 Å². The molecule has 8 heteroatoms. The first-order valence-electron chi connectivity index (χ1n) is 9.35. The van der Waals surface area contributed by atoms with Crippen molar-refractivity contribution in [2.24, 2.45) is 0 Å². The van der Waals surface area contributed by atoms with Crippen molar-refractivity contribution in [3.05, 3.63) is 58.9 Å². The minimum Gasteiger partial charge on any atom is -0.369 e. The van der Waals surface area contributed by atoms with Crippen molar-refractivity contribution in [3.8, 4) is 0 Å². The highest BCUT2D eigenvalue weighted by atomic mass is 19.1. The molecule has 3 amide bonds. The van der Waals surface area contributed by atoms with Gasteiger partial charge in [-0.05, 0) is 63.1 Å². The number of benzene rings is 2. The Balaban J connectivity index is 2.01. The first-order chi connectivity index (χ1) is 14.0. The zero-order valence-corrected chi connectivity index (χ0v) is 17.7. The molecule has 0 spiro atoms. The molecule has 0 bridgehead atoms. The fourth-order valence-electron chi connectivity index (χ4n) is 2.44. The molecule has 0 unspecified atom stereocenters. The standard InChI is InChI=1S/C22H26FN3O4/c1-13-6-9-17(16(23)10-13)25-19(27)12-24-20(28)15-8-7-14(2)18(11-15)26-21(29)22(3,4)30-5/h6-11H,12H2,1-5H3,(H,24,28)(H,25,27)(H,26,29). The third kappa shape index (κ3) is 5.87. The number of rotatable bonds is 7. The van der Waals surface area contributed by atoms with Crippen LogP contribution in [-0.2, 0) is 14.3 Å². The number of carbonyl (C=O) groups is 3. The van der Waals surface area contributed by atoms with Gasteiger partial charge in [-0.3, -0.25) is 14.4 Å². The zero-order chi connectivity index (χ0) is 22.5. The third-order valence-corrected chi connectivity index (χ3v) is 4.61. The lowest BCUT2D eigenvalue weighted by Gasteiger charge is -2.22. The molecular weight excluding hydrogens is 389 g/mol. The van der Waals surface area contributed by atoms with Gasteiger partial charge in [-0.15, -0.1) is 0 Å². The van der Waals surface area contributed by atoms with Gasteiger partial charge < -0.3 is 20.7 Å². The van der Waals surface area contributed by atoms with Crippen LogP contribution in [0.5, 0.6) is 0 Å². The maximum absolute atomic E-state index is 13.8. The lowest BCUT2D eigenvalue weighted by molar-refractivity contribution is -0.133. The molecule has 3 N–H and O–H groups in total. The smallest absolute Gasteiger partial charge is 0.256 e. The zero-order valence-electron chi connectivity index (χ0n) is 17.7. The lowest BCUT2D eigenvalue weighted by Crippen LogP contribution is -2.39. The number of methoxy groups -OCH3 is 1. The highest BCUT2D eigenvalue weighted by molar-refractivity contribution is 6.02. The topological polar surface area (TPSA) is 96.5 Å². The second kappa shape index (κ2) is 9.49. The van der Waals surface area contributed by atoms with Gasteiger partial charge in [0.1, 0.15) is 11.4 Å². The number of anilines is 2. The van der Waals surface area contributed by atoms with E-state index in [0.29, 0.717) is 5.69 Å². The van der Waals surface area contributed by atoms with E-state index in [9.17, 15) is 18.8 Å². The van der Waals surface area contributed by atoms with E-state index < -0.39 is 23.2 Å². The number of aryl methyl sites for hydroxylation is 2. The van der Waals surface area contributed by atoms with Gasteiger partial charge in [0.2, 0.25) is 5.91 Å². The lowest BCUT2D eigenvalue weighted by atomic mass is 10.1. The number of hydrogen-bond acceptors (Lipinski definition) is 4. The summed E-state index contributed by atoms with van der Waals surface area (Å²) < 4.78 is 19.0. The molecule has 2 aromatic carbocycles. The molecule has 0 heterocycles. The van der Waals surface area contributed by atoms with Crippen LogP contribution in [0, 0.1) is 19.7 Å². The molecule has 0 aliphatic rings. The monoisotopic (exact) mass is 415 g/mol. The van der Waals surface area contributed by atoms with Crippen molar-refractivity contribution >= 4 is 29.1 Å². The third-order valence-electron chi connectivity index (χ3n) is 4.61. The van der Waals surface area contributed by atoms with Crippen molar-refractivity contribution < 1.29 is 23.5 Å². The Kier molecular flexibility index (Phi) is 7.28. The predicted molar refractivity (Wildman–Crippen MR) is 113 cm³/mol. The van der Waals surface area contributed by atoms with E-state index in [1.165, 1.54) is 25.3 Å². The van der Waals surface area contributed by atoms with Gasteiger partial charge >= 0.3 is 0 Å². The van der Waals surface area contributed by atoms with Gasteiger partial charge in [-0.25, -0.2) is 4.39 Å². The summed E-state index contributed by atoms with van der Waals surface area (Å²) in [5.41, 5.74) is 1.23. The Hall–Kier alpha value is -3.26. The van der Waals surface area contributed by atoms with E-state index >= 15 is 0 Å². The minimum absolute atomic E-state index is 0.0425. The largest absolute Gasteiger partial charge is 0.369 e. The van der Waals surface area contributed by atoms with E-state index in [4.69, 9.17) is 4.74 Å². The summed E-state index contributed by atoms with van der Waals surface area (Å²) in [6.45, 7) is 6.45. The number of carbonyl (C=O) groups excluding carboxylic acids is 3. The van der Waals surface area contributed by atoms with Gasteiger partial charge in [0.25, 0.3) is 11.8 Å². The van der Waals surface area contributed by atoms with Crippen LogP contribution in [0.15, 0.2) is 36.4 Å². The maximum Gasteiger partial charge on any atom is 0.256 e. The summed E-state index contributed by atoms with van der Waals surface area (Å²) in [6, 6.07) is 9.23. The van der Waals surface area contributed by atoms with Crippen molar-refractivity contribution in [1.82, 2.24) is 5.32 Å². The number of ether oxygens (including phenoxy) is 1. The summed E-state index contributed by atoms with van der Waals surface area (Å²) in [7, 11) is 1.43. The predicted octanol–water partition coefficient (Wildman–Crippen LogP) is 3.17. The molecule has 0 aliphatic carbocycles. The molecule has 160 valence electrons. The average molecular weight is 415 g/mol. The van der Waals surface area contributed by atoms with Crippen LogP contribution in [0.3, 0.4) is 0 Å². The quantitative estimate of drug-likeness (QED) is 0.647. The highest BCUT2D eigenvalue weighted by Crippen LogP contribution is 2.20. The Morgan fingerprint density at radius 1 is 1.00 bits per heavy atom. The van der Waals surface area contributed by atoms with Crippen LogP contribution in [0.1, 0.15) is 35.3 Å². The summed E-state index contributed by atoms with van der Waals surface area (Å²) >= 11 is 0. The van der Waals surface area contributed by atoms with Crippen molar-refractivity contribution in [1.29, 1.82) is 0 Å². The SMILES string of the molecule is COC(C)(C)C(=O)Nc1cc(C(=O)NCC(=O)Nc2ccc(C)cc2F)ccc1C. The number of amides is 3. The Labute approximate surface area is 175 Å². The summed E-state index contributed by atoms with van der Waals surface area (Å²) in [5.74, 6) is -1.97. The molecule has 0 saturated carbocycles. The Morgan fingerprint density at radius 2 is 1.70 bits per heavy atom. The molecule has 0 saturated heterocycles. The van der Waals surface area contributed by atoms with Crippen molar-refractivity contribution in [2.75, 3.05) is 24.3 Å².